The Bertz CT molecular complexity index is 307. The van der Waals surface area contributed by atoms with E-state index in [0.29, 0.717) is 11.5 Å². The van der Waals surface area contributed by atoms with Crippen molar-refractivity contribution in [3.63, 3.8) is 0 Å². The van der Waals surface area contributed by atoms with Crippen LogP contribution in [0.3, 0.4) is 0 Å². The largest absolute Gasteiger partial charge is 4.00 e. The normalized spacial score (nSPS) is 11.4. The molecule has 0 amide bonds. The molecule has 0 fully saturated rings. The topological polar surface area (TPSA) is 92.2 Å². The Hall–Kier alpha value is 2.53. The van der Waals surface area contributed by atoms with Gasteiger partial charge < -0.3 is 19.6 Å². The first-order valence-corrected chi connectivity index (χ1v) is 15.9. The minimum absolute atomic E-state index is 0. The fraction of sp³-hybridized carbons (Fsp3) is 1.00. The van der Waals surface area contributed by atoms with E-state index in [2.05, 4.69) is 37.5 Å². The SMILES string of the molecule is CCCCCCSP([O-])([O-])=S.CCCCCCSP([O-])([O-])=S.[Mo+4]. The third-order valence-corrected chi connectivity index (χ3v) is 8.96. The number of unbranched alkanes of at least 4 members (excludes halogenated alkanes) is 6. The molecule has 138 valence electrons. The molecule has 0 saturated carbocycles. The Kier molecular flexibility index (Phi) is 25.4. The van der Waals surface area contributed by atoms with Gasteiger partial charge in [-0.25, -0.2) is 0 Å². The predicted octanol–water partition coefficient (Wildman–Crippen LogP) is 2.49. The average molecular weight is 520 g/mol. The van der Waals surface area contributed by atoms with Crippen LogP contribution in [0, 0.1) is 0 Å². The maximum Gasteiger partial charge on any atom is 4.00 e. The molecular weight excluding hydrogens is 494 g/mol. The van der Waals surface area contributed by atoms with Crippen LogP contribution in [0.15, 0.2) is 0 Å². The minimum atomic E-state index is -3.46. The summed E-state index contributed by atoms with van der Waals surface area (Å²) < 4.78 is 0. The van der Waals surface area contributed by atoms with Gasteiger partial charge in [-0.1, -0.05) is 52.4 Å². The van der Waals surface area contributed by atoms with Crippen LogP contribution in [-0.4, -0.2) is 11.5 Å². The van der Waals surface area contributed by atoms with E-state index in [1.54, 1.807) is 0 Å². The van der Waals surface area contributed by atoms with Crippen molar-refractivity contribution in [2.24, 2.45) is 0 Å². The van der Waals surface area contributed by atoms with Crippen LogP contribution >= 0.6 is 34.2 Å². The second kappa shape index (κ2) is 19.3. The van der Waals surface area contributed by atoms with E-state index >= 15 is 0 Å². The molecule has 11 heteroatoms. The van der Waals surface area contributed by atoms with Gasteiger partial charge in [-0.3, -0.25) is 0 Å². The molecule has 4 nitrogen and oxygen atoms in total. The van der Waals surface area contributed by atoms with E-state index in [4.69, 9.17) is 0 Å². The van der Waals surface area contributed by atoms with Crippen LogP contribution in [0.25, 0.3) is 0 Å². The van der Waals surface area contributed by atoms with Crippen LogP contribution in [-0.2, 0) is 44.7 Å². The van der Waals surface area contributed by atoms with E-state index < -0.39 is 11.4 Å². The third kappa shape index (κ3) is 36.3. The number of hydrogen-bond donors (Lipinski definition) is 0. The molecule has 0 rings (SSSR count). The Balaban J connectivity index is -0.000000333. The van der Waals surface area contributed by atoms with Crippen molar-refractivity contribution in [3.05, 3.63) is 0 Å². The van der Waals surface area contributed by atoms with Gasteiger partial charge in [0.2, 0.25) is 0 Å². The smallest absolute Gasteiger partial charge is 0.825 e. The molecule has 0 spiro atoms. The van der Waals surface area contributed by atoms with E-state index in [1.165, 1.54) is 25.7 Å². The predicted molar refractivity (Wildman–Crippen MR) is 102 cm³/mol. The van der Waals surface area contributed by atoms with Crippen LogP contribution in [0.5, 0.6) is 0 Å². The van der Waals surface area contributed by atoms with Gasteiger partial charge in [0.05, 0.1) is 0 Å². The molecule has 0 aromatic carbocycles. The molecule has 0 aliphatic carbocycles. The fourth-order valence-electron chi connectivity index (χ4n) is 1.41. The molecule has 0 aromatic rings. The fourth-order valence-corrected chi connectivity index (χ4v) is 5.98. The molecule has 0 aliphatic rings. The quantitative estimate of drug-likeness (QED) is 0.220. The Morgan fingerprint density at radius 2 is 0.957 bits per heavy atom. The molecule has 0 aliphatic heterocycles. The van der Waals surface area contributed by atoms with Gasteiger partial charge in [0, 0.05) is 0 Å². The van der Waals surface area contributed by atoms with Crippen molar-refractivity contribution in [2.75, 3.05) is 11.5 Å². The monoisotopic (exact) mass is 522 g/mol. The molecule has 23 heavy (non-hydrogen) atoms. The van der Waals surface area contributed by atoms with Crippen LogP contribution in [0.4, 0.5) is 0 Å². The zero-order chi connectivity index (χ0) is 17.5. The first-order chi connectivity index (χ1) is 10.1. The van der Waals surface area contributed by atoms with E-state index in [0.717, 1.165) is 48.4 Å². The standard InChI is InChI=1S/2C6H15O2PS2.Mo/c2*1-2-3-4-5-6-11-9(7,8)10;/h2*2-6H2,1H3,(H2,7,8,10);/q;;+4/p-4. The molecule has 0 atom stereocenters. The summed E-state index contributed by atoms with van der Waals surface area (Å²) in [5, 5.41) is 0. The molecule has 0 saturated heterocycles. The first kappa shape index (κ1) is 30.3. The van der Waals surface area contributed by atoms with Crippen molar-refractivity contribution in [2.45, 2.75) is 65.2 Å². The summed E-state index contributed by atoms with van der Waals surface area (Å²) in [6.45, 7) is 4.25. The van der Waals surface area contributed by atoms with Gasteiger partial charge in [0.25, 0.3) is 0 Å². The first-order valence-electron chi connectivity index (χ1n) is 7.45. The summed E-state index contributed by atoms with van der Waals surface area (Å²) in [7, 11) is 0. The van der Waals surface area contributed by atoms with Crippen LogP contribution in [0.2, 0.25) is 0 Å². The molecule has 0 aromatic heterocycles. The average Bonchev–Trinajstić information content (AvgIpc) is 2.36. The molecular formula is C12H26MoO4P2S4. The minimum Gasteiger partial charge on any atom is -0.825 e. The second-order valence-corrected chi connectivity index (χ2v) is 16.5. The summed E-state index contributed by atoms with van der Waals surface area (Å²) >= 11 is 10.2. The zero-order valence-electron chi connectivity index (χ0n) is 13.6. The third-order valence-electron chi connectivity index (χ3n) is 2.49. The van der Waals surface area contributed by atoms with Crippen molar-refractivity contribution >= 4 is 57.8 Å². The Morgan fingerprint density at radius 1 is 0.652 bits per heavy atom. The molecule has 0 unspecified atom stereocenters. The van der Waals surface area contributed by atoms with Crippen LogP contribution in [0.1, 0.15) is 65.2 Å². The molecule has 0 heterocycles. The molecule has 0 radical (unpaired) electrons. The molecule has 0 N–H and O–H groups in total. The Labute approximate surface area is 174 Å². The van der Waals surface area contributed by atoms with Gasteiger partial charge >= 0.3 is 21.1 Å². The Morgan fingerprint density at radius 3 is 1.17 bits per heavy atom. The van der Waals surface area contributed by atoms with E-state index in [1.807, 2.05) is 0 Å². The summed E-state index contributed by atoms with van der Waals surface area (Å²) in [6, 6.07) is 0. The summed E-state index contributed by atoms with van der Waals surface area (Å²) in [4.78, 5) is 41.9. The van der Waals surface area contributed by atoms with Gasteiger partial charge in [-0.15, -0.1) is 23.6 Å². The maximum absolute atomic E-state index is 10.5. The van der Waals surface area contributed by atoms with Crippen molar-refractivity contribution < 1.29 is 40.6 Å². The van der Waals surface area contributed by atoms with Crippen molar-refractivity contribution in [1.82, 2.24) is 0 Å². The van der Waals surface area contributed by atoms with Gasteiger partial charge in [0.15, 0.2) is 0 Å². The van der Waals surface area contributed by atoms with Gasteiger partial charge in [-0.2, -0.15) is 34.2 Å². The van der Waals surface area contributed by atoms with E-state index in [-0.39, 0.29) is 21.1 Å². The van der Waals surface area contributed by atoms with E-state index in [9.17, 15) is 19.6 Å². The van der Waals surface area contributed by atoms with Gasteiger partial charge in [0.1, 0.15) is 0 Å². The number of rotatable bonds is 12. The van der Waals surface area contributed by atoms with Gasteiger partial charge in [-0.05, 0) is 24.3 Å². The zero-order valence-corrected chi connectivity index (χ0v) is 20.7. The van der Waals surface area contributed by atoms with Crippen LogP contribution < -0.4 is 19.6 Å². The molecule has 0 bridgehead atoms. The summed E-state index contributed by atoms with van der Waals surface area (Å²) in [5.74, 6) is 1.31. The number of hydrogen-bond acceptors (Lipinski definition) is 8. The second-order valence-electron chi connectivity index (χ2n) is 4.68. The van der Waals surface area contributed by atoms with Crippen molar-refractivity contribution in [1.29, 1.82) is 0 Å². The maximum atomic E-state index is 10.5. The van der Waals surface area contributed by atoms with Crippen molar-refractivity contribution in [3.8, 4) is 0 Å². The summed E-state index contributed by atoms with van der Waals surface area (Å²) in [6.07, 6.45) is 8.85. The summed E-state index contributed by atoms with van der Waals surface area (Å²) in [5.41, 5.74) is -6.93.